The Labute approximate surface area is 211 Å². The molecule has 0 saturated carbocycles. The molecule has 0 radical (unpaired) electrons. The van der Waals surface area contributed by atoms with E-state index < -0.39 is 11.4 Å². The first kappa shape index (κ1) is 24.5. The van der Waals surface area contributed by atoms with Crippen LogP contribution in [0, 0.1) is 0 Å². The number of rotatable bonds is 7. The Hall–Kier alpha value is -3.66. The zero-order valence-electron chi connectivity index (χ0n) is 19.7. The van der Waals surface area contributed by atoms with Crippen molar-refractivity contribution in [3.8, 4) is 5.75 Å². The minimum absolute atomic E-state index is 0.102. The number of likely N-dealkylation sites (N-methyl/N-ethyl adjacent to an activating group) is 1. The summed E-state index contributed by atoms with van der Waals surface area (Å²) in [5.41, 5.74) is 0.936. The lowest BCUT2D eigenvalue weighted by Gasteiger charge is -2.40. The van der Waals surface area contributed by atoms with Crippen molar-refractivity contribution in [2.45, 2.75) is 32.1 Å². The van der Waals surface area contributed by atoms with Crippen LogP contribution in [-0.2, 0) is 24.4 Å². The predicted molar refractivity (Wildman–Crippen MR) is 133 cm³/mol. The molecule has 1 atom stereocenters. The molecule has 182 valence electrons. The van der Waals surface area contributed by atoms with Gasteiger partial charge in [0.05, 0.1) is 13.7 Å². The summed E-state index contributed by atoms with van der Waals surface area (Å²) in [6.07, 6.45) is 0. The van der Waals surface area contributed by atoms with Gasteiger partial charge in [-0.05, 0) is 30.7 Å². The maximum atomic E-state index is 13.1. The summed E-state index contributed by atoms with van der Waals surface area (Å²) in [5.74, 6) is -0.466. The number of methoxy groups -OCH3 is 1. The van der Waals surface area contributed by atoms with Gasteiger partial charge in [-0.2, -0.15) is 5.10 Å². The van der Waals surface area contributed by atoms with Gasteiger partial charge in [0.25, 0.3) is 11.8 Å². The van der Waals surface area contributed by atoms with Gasteiger partial charge in [-0.3, -0.25) is 19.1 Å². The van der Waals surface area contributed by atoms with Crippen molar-refractivity contribution < 1.29 is 19.1 Å². The van der Waals surface area contributed by atoms with Gasteiger partial charge in [-0.1, -0.05) is 46.3 Å². The highest BCUT2D eigenvalue weighted by Gasteiger charge is 2.46. The Bertz CT molecular complexity index is 1280. The highest BCUT2D eigenvalue weighted by Crippen LogP contribution is 2.27. The summed E-state index contributed by atoms with van der Waals surface area (Å²) in [7, 11) is 3.15. The Balaban J connectivity index is 1.48. The number of hydrogen-bond acceptors (Lipinski definition) is 5. The molecule has 0 bridgehead atoms. The quantitative estimate of drug-likeness (QED) is 0.480. The Morgan fingerprint density at radius 2 is 1.86 bits per heavy atom. The number of benzene rings is 2. The maximum absolute atomic E-state index is 13.1. The number of fused-ring (bicyclic) bond motifs is 1. The second-order valence-electron chi connectivity index (χ2n) is 8.52. The Morgan fingerprint density at radius 3 is 2.57 bits per heavy atom. The summed E-state index contributed by atoms with van der Waals surface area (Å²) in [6.45, 7) is 2.38. The Kier molecular flexibility index (Phi) is 6.93. The van der Waals surface area contributed by atoms with E-state index in [0.29, 0.717) is 12.3 Å². The Morgan fingerprint density at radius 1 is 1.11 bits per heavy atom. The molecule has 0 spiro atoms. The topological polar surface area (TPSA) is 106 Å². The summed E-state index contributed by atoms with van der Waals surface area (Å²) < 4.78 is 7.63. The van der Waals surface area contributed by atoms with Gasteiger partial charge in [0, 0.05) is 36.2 Å². The van der Waals surface area contributed by atoms with Crippen LogP contribution in [0.2, 0.25) is 0 Å². The van der Waals surface area contributed by atoms with E-state index in [1.54, 1.807) is 27.1 Å². The molecule has 1 unspecified atom stereocenters. The first-order valence-corrected chi connectivity index (χ1v) is 11.8. The van der Waals surface area contributed by atoms with E-state index in [9.17, 15) is 14.4 Å². The van der Waals surface area contributed by atoms with Gasteiger partial charge in [0.1, 0.15) is 17.0 Å². The molecule has 2 aromatic carbocycles. The number of aromatic nitrogens is 2. The number of amides is 3. The van der Waals surface area contributed by atoms with Crippen LogP contribution in [0.3, 0.4) is 0 Å². The average Bonchev–Trinajstić information content (AvgIpc) is 3.29. The molecular formula is C25H26BrN5O4. The third kappa shape index (κ3) is 4.93. The maximum Gasteiger partial charge on any atom is 0.272 e. The van der Waals surface area contributed by atoms with Crippen LogP contribution in [0.5, 0.6) is 5.75 Å². The predicted octanol–water partition coefficient (Wildman–Crippen LogP) is 2.74. The molecule has 1 aliphatic heterocycles. The fourth-order valence-corrected chi connectivity index (χ4v) is 4.37. The summed E-state index contributed by atoms with van der Waals surface area (Å²) in [5, 5.41) is 10.1. The SMILES string of the molecule is COc1ccc(Br)cc1CNC(=O)c1cc2n(n1)CC(C)(C(=O)NCc1ccccc1)N(C)C2=O. The molecule has 2 heterocycles. The van der Waals surface area contributed by atoms with Gasteiger partial charge in [-0.15, -0.1) is 0 Å². The van der Waals surface area contributed by atoms with Gasteiger partial charge in [0.2, 0.25) is 5.91 Å². The molecule has 4 rings (SSSR count). The number of ether oxygens (including phenoxy) is 1. The van der Waals surface area contributed by atoms with E-state index in [4.69, 9.17) is 4.74 Å². The zero-order chi connectivity index (χ0) is 25.2. The number of carbonyl (C=O) groups excluding carboxylic acids is 3. The van der Waals surface area contributed by atoms with E-state index in [1.807, 2.05) is 42.5 Å². The smallest absolute Gasteiger partial charge is 0.272 e. The van der Waals surface area contributed by atoms with Crippen LogP contribution in [0.4, 0.5) is 0 Å². The average molecular weight is 540 g/mol. The highest BCUT2D eigenvalue weighted by atomic mass is 79.9. The lowest BCUT2D eigenvalue weighted by Crippen LogP contribution is -2.62. The molecule has 10 heteroatoms. The van der Waals surface area contributed by atoms with Crippen molar-refractivity contribution in [1.29, 1.82) is 0 Å². The number of carbonyl (C=O) groups is 3. The fraction of sp³-hybridized carbons (Fsp3) is 0.280. The van der Waals surface area contributed by atoms with Crippen LogP contribution in [0.1, 0.15) is 39.0 Å². The molecule has 9 nitrogen and oxygen atoms in total. The van der Waals surface area contributed by atoms with Gasteiger partial charge < -0.3 is 20.3 Å². The number of hydrogen-bond donors (Lipinski definition) is 2. The molecule has 3 aromatic rings. The summed E-state index contributed by atoms with van der Waals surface area (Å²) >= 11 is 3.42. The van der Waals surface area contributed by atoms with Crippen molar-refractivity contribution in [2.75, 3.05) is 14.2 Å². The van der Waals surface area contributed by atoms with Crippen LogP contribution < -0.4 is 15.4 Å². The van der Waals surface area contributed by atoms with Crippen molar-refractivity contribution in [1.82, 2.24) is 25.3 Å². The fourth-order valence-electron chi connectivity index (χ4n) is 3.96. The van der Waals surface area contributed by atoms with E-state index in [0.717, 1.165) is 15.6 Å². The summed E-state index contributed by atoms with van der Waals surface area (Å²) in [4.78, 5) is 40.4. The first-order chi connectivity index (χ1) is 16.7. The van der Waals surface area contributed by atoms with Crippen LogP contribution >= 0.6 is 15.9 Å². The molecular weight excluding hydrogens is 514 g/mol. The molecule has 0 saturated heterocycles. The van der Waals surface area contributed by atoms with E-state index in [1.165, 1.54) is 15.6 Å². The normalized spacial score (nSPS) is 17.0. The molecule has 35 heavy (non-hydrogen) atoms. The van der Waals surface area contributed by atoms with E-state index >= 15 is 0 Å². The van der Waals surface area contributed by atoms with Crippen molar-refractivity contribution in [2.24, 2.45) is 0 Å². The van der Waals surface area contributed by atoms with Crippen LogP contribution in [-0.4, -0.2) is 52.1 Å². The number of nitrogens with zero attached hydrogens (tertiary/aromatic N) is 3. The zero-order valence-corrected chi connectivity index (χ0v) is 21.3. The highest BCUT2D eigenvalue weighted by molar-refractivity contribution is 9.10. The standard InChI is InChI=1S/C25H26BrN5O4/c1-25(24(34)28-13-16-7-5-4-6-8-16)15-31-20(23(33)30(25)2)12-19(29-31)22(32)27-14-17-11-18(26)9-10-21(17)35-3/h4-12H,13-15H2,1-3H3,(H,27,32)(H,28,34). The van der Waals surface area contributed by atoms with Crippen molar-refractivity contribution >= 4 is 33.7 Å². The largest absolute Gasteiger partial charge is 0.496 e. The second kappa shape index (κ2) is 9.91. The minimum Gasteiger partial charge on any atom is -0.496 e. The second-order valence-corrected chi connectivity index (χ2v) is 9.43. The molecule has 0 fully saturated rings. The van der Waals surface area contributed by atoms with E-state index in [-0.39, 0.29) is 36.3 Å². The van der Waals surface area contributed by atoms with E-state index in [2.05, 4.69) is 31.7 Å². The lowest BCUT2D eigenvalue weighted by molar-refractivity contribution is -0.132. The monoisotopic (exact) mass is 539 g/mol. The molecule has 3 amide bonds. The summed E-state index contributed by atoms with van der Waals surface area (Å²) in [6, 6.07) is 16.5. The van der Waals surface area contributed by atoms with Gasteiger partial charge >= 0.3 is 0 Å². The first-order valence-electron chi connectivity index (χ1n) is 11.0. The third-order valence-electron chi connectivity index (χ3n) is 6.20. The third-order valence-corrected chi connectivity index (χ3v) is 6.69. The van der Waals surface area contributed by atoms with Crippen molar-refractivity contribution in [3.63, 3.8) is 0 Å². The van der Waals surface area contributed by atoms with Crippen LogP contribution in [0.25, 0.3) is 0 Å². The van der Waals surface area contributed by atoms with Crippen LogP contribution in [0.15, 0.2) is 59.1 Å². The molecule has 2 N–H and O–H groups in total. The van der Waals surface area contributed by atoms with Crippen molar-refractivity contribution in [3.05, 3.63) is 81.6 Å². The molecule has 1 aliphatic rings. The molecule has 1 aromatic heterocycles. The lowest BCUT2D eigenvalue weighted by atomic mass is 9.96. The number of nitrogens with one attached hydrogen (secondary N) is 2. The number of halogens is 1. The minimum atomic E-state index is -1.16. The molecule has 0 aliphatic carbocycles. The van der Waals surface area contributed by atoms with Gasteiger partial charge in [-0.25, -0.2) is 0 Å². The van der Waals surface area contributed by atoms with Gasteiger partial charge in [0.15, 0.2) is 5.69 Å².